The SMILES string of the molecule is [2H]C([2H])(c1ccc2c(-c3nc4ccccc4n3-c3c(-c4ccccc4)cc(C)cc3-c3ccccc3)csc2c1)C(C)C. The van der Waals surface area contributed by atoms with E-state index >= 15 is 0 Å². The first-order valence-corrected chi connectivity index (χ1v) is 15.0. The topological polar surface area (TPSA) is 17.8 Å². The summed E-state index contributed by atoms with van der Waals surface area (Å²) in [6, 6.07) is 40.2. The number of aryl methyl sites for hydroxylation is 1. The van der Waals surface area contributed by atoms with Crippen LogP contribution in [0.15, 0.2) is 121 Å². The molecule has 0 amide bonds. The third-order valence-electron chi connectivity index (χ3n) is 7.48. The number of para-hydroxylation sites is 2. The van der Waals surface area contributed by atoms with Gasteiger partial charge in [-0.2, -0.15) is 0 Å². The van der Waals surface area contributed by atoms with Gasteiger partial charge < -0.3 is 0 Å². The number of hydrogen-bond acceptors (Lipinski definition) is 2. The Morgan fingerprint density at radius 2 is 1.39 bits per heavy atom. The van der Waals surface area contributed by atoms with Gasteiger partial charge in [-0.25, -0.2) is 4.98 Å². The van der Waals surface area contributed by atoms with Gasteiger partial charge in [0, 0.05) is 34.9 Å². The van der Waals surface area contributed by atoms with Crippen LogP contribution in [0, 0.1) is 12.8 Å². The van der Waals surface area contributed by atoms with Crippen LogP contribution < -0.4 is 0 Å². The molecule has 0 aliphatic heterocycles. The molecule has 0 radical (unpaired) electrons. The highest BCUT2D eigenvalue weighted by Gasteiger charge is 2.23. The first-order chi connectivity index (χ1) is 20.8. The van der Waals surface area contributed by atoms with Gasteiger partial charge in [0.25, 0.3) is 0 Å². The van der Waals surface area contributed by atoms with Crippen LogP contribution in [-0.4, -0.2) is 9.55 Å². The Morgan fingerprint density at radius 3 is 2.05 bits per heavy atom. The first kappa shape index (κ1) is 23.3. The minimum atomic E-state index is -1.40. The molecule has 2 aromatic heterocycles. The van der Waals surface area contributed by atoms with Crippen LogP contribution in [0.2, 0.25) is 0 Å². The van der Waals surface area contributed by atoms with Crippen molar-refractivity contribution in [1.82, 2.24) is 9.55 Å². The number of nitrogens with zero attached hydrogens (tertiary/aromatic N) is 2. The summed E-state index contributed by atoms with van der Waals surface area (Å²) >= 11 is 1.65. The van der Waals surface area contributed by atoms with E-state index in [0.29, 0.717) is 5.56 Å². The Hall–Kier alpha value is -4.47. The Bertz CT molecular complexity index is 2030. The summed E-state index contributed by atoms with van der Waals surface area (Å²) in [5.41, 5.74) is 10.6. The molecule has 0 saturated carbocycles. The van der Waals surface area contributed by atoms with Gasteiger partial charge in [-0.05, 0) is 71.8 Å². The maximum atomic E-state index is 8.67. The number of rotatable bonds is 6. The smallest absolute Gasteiger partial charge is 0.147 e. The fraction of sp³-hybridized carbons (Fsp3) is 0.132. The summed E-state index contributed by atoms with van der Waals surface area (Å²) in [6.07, 6.45) is -1.40. The van der Waals surface area contributed by atoms with Crippen LogP contribution >= 0.6 is 11.3 Å². The summed E-state index contributed by atoms with van der Waals surface area (Å²) < 4.78 is 20.7. The van der Waals surface area contributed by atoms with E-state index in [0.717, 1.165) is 60.4 Å². The summed E-state index contributed by atoms with van der Waals surface area (Å²) in [4.78, 5) is 5.27. The summed E-state index contributed by atoms with van der Waals surface area (Å²) in [5, 5.41) is 3.26. The maximum Gasteiger partial charge on any atom is 0.147 e. The minimum absolute atomic E-state index is 0.122. The summed E-state index contributed by atoms with van der Waals surface area (Å²) in [6.45, 7) is 6.03. The van der Waals surface area contributed by atoms with Crippen molar-refractivity contribution in [3.05, 3.63) is 132 Å². The fourth-order valence-corrected chi connectivity index (χ4v) is 6.73. The van der Waals surface area contributed by atoms with Gasteiger partial charge >= 0.3 is 0 Å². The van der Waals surface area contributed by atoms with Gasteiger partial charge in [-0.1, -0.05) is 98.8 Å². The second-order valence-corrected chi connectivity index (χ2v) is 11.8. The zero-order chi connectivity index (χ0) is 29.7. The van der Waals surface area contributed by atoms with E-state index in [4.69, 9.17) is 7.73 Å². The number of imidazole rings is 1. The van der Waals surface area contributed by atoms with Crippen LogP contribution in [0.25, 0.3) is 60.4 Å². The van der Waals surface area contributed by atoms with Crippen molar-refractivity contribution in [2.24, 2.45) is 5.92 Å². The van der Waals surface area contributed by atoms with E-state index in [1.165, 1.54) is 5.56 Å². The lowest BCUT2D eigenvalue weighted by Gasteiger charge is -2.20. The molecule has 0 saturated heterocycles. The average Bonchev–Trinajstić information content (AvgIpc) is 3.62. The largest absolute Gasteiger partial charge is 0.291 e. The number of fused-ring (bicyclic) bond motifs is 2. The average molecular weight is 551 g/mol. The van der Waals surface area contributed by atoms with Crippen molar-refractivity contribution in [2.45, 2.75) is 27.1 Å². The molecule has 3 heteroatoms. The van der Waals surface area contributed by atoms with E-state index in [2.05, 4.69) is 114 Å². The zero-order valence-corrected chi connectivity index (χ0v) is 24.2. The quantitative estimate of drug-likeness (QED) is 0.201. The molecule has 0 aliphatic carbocycles. The predicted octanol–water partition coefficient (Wildman–Crippen LogP) is 10.7. The molecule has 0 aliphatic rings. The molecule has 7 aromatic rings. The molecule has 0 spiro atoms. The van der Waals surface area contributed by atoms with Gasteiger partial charge in [0.2, 0.25) is 0 Å². The molecule has 5 aromatic carbocycles. The lowest BCUT2D eigenvalue weighted by molar-refractivity contribution is 0.648. The Balaban J connectivity index is 1.56. The molecule has 7 rings (SSSR count). The molecule has 0 atom stereocenters. The Morgan fingerprint density at radius 1 is 0.756 bits per heavy atom. The lowest BCUT2D eigenvalue weighted by atomic mass is 9.93. The first-order valence-electron chi connectivity index (χ1n) is 15.1. The van der Waals surface area contributed by atoms with Gasteiger partial charge in [0.1, 0.15) is 5.82 Å². The van der Waals surface area contributed by atoms with Crippen LogP contribution in [0.5, 0.6) is 0 Å². The van der Waals surface area contributed by atoms with Crippen molar-refractivity contribution >= 4 is 32.5 Å². The van der Waals surface area contributed by atoms with Crippen LogP contribution in [0.1, 0.15) is 27.7 Å². The highest BCUT2D eigenvalue weighted by molar-refractivity contribution is 7.17. The molecular weight excluding hydrogens is 516 g/mol. The molecule has 2 nitrogen and oxygen atoms in total. The van der Waals surface area contributed by atoms with Crippen molar-refractivity contribution < 1.29 is 2.74 Å². The van der Waals surface area contributed by atoms with E-state index in [1.54, 1.807) is 11.3 Å². The highest BCUT2D eigenvalue weighted by atomic mass is 32.1. The highest BCUT2D eigenvalue weighted by Crippen LogP contribution is 2.43. The van der Waals surface area contributed by atoms with E-state index in [9.17, 15) is 0 Å². The normalized spacial score (nSPS) is 12.7. The minimum Gasteiger partial charge on any atom is -0.291 e. The third-order valence-corrected chi connectivity index (χ3v) is 8.43. The van der Waals surface area contributed by atoms with E-state index in [1.807, 2.05) is 32.0 Å². The third kappa shape index (κ3) is 4.67. The molecule has 41 heavy (non-hydrogen) atoms. The molecule has 200 valence electrons. The molecule has 0 fully saturated rings. The van der Waals surface area contributed by atoms with Crippen molar-refractivity contribution in [3.8, 4) is 39.3 Å². The van der Waals surface area contributed by atoms with E-state index in [-0.39, 0.29) is 5.92 Å². The van der Waals surface area contributed by atoms with Crippen LogP contribution in [-0.2, 0) is 6.37 Å². The lowest BCUT2D eigenvalue weighted by Crippen LogP contribution is -2.03. The van der Waals surface area contributed by atoms with Crippen molar-refractivity contribution in [2.75, 3.05) is 0 Å². The predicted molar refractivity (Wildman–Crippen MR) is 176 cm³/mol. The zero-order valence-electron chi connectivity index (χ0n) is 25.4. The van der Waals surface area contributed by atoms with Gasteiger partial charge in [0.15, 0.2) is 0 Å². The second kappa shape index (κ2) is 10.5. The molecule has 0 bridgehead atoms. The molecule has 2 heterocycles. The monoisotopic (exact) mass is 550 g/mol. The summed E-state index contributed by atoms with van der Waals surface area (Å²) in [7, 11) is 0. The fourth-order valence-electron chi connectivity index (χ4n) is 5.75. The molecular formula is C38H32N2S. The van der Waals surface area contributed by atoms with Crippen molar-refractivity contribution in [3.63, 3.8) is 0 Å². The number of thiophene rings is 1. The number of hydrogen-bond donors (Lipinski definition) is 0. The Kier molecular flexibility index (Phi) is 5.95. The molecule has 0 N–H and O–H groups in total. The second-order valence-electron chi connectivity index (χ2n) is 10.9. The van der Waals surface area contributed by atoms with Crippen molar-refractivity contribution in [1.29, 1.82) is 0 Å². The van der Waals surface area contributed by atoms with Gasteiger partial charge in [-0.3, -0.25) is 4.57 Å². The number of aromatic nitrogens is 2. The van der Waals surface area contributed by atoms with Gasteiger partial charge in [-0.15, -0.1) is 11.3 Å². The van der Waals surface area contributed by atoms with E-state index < -0.39 is 6.37 Å². The van der Waals surface area contributed by atoms with Crippen LogP contribution in [0.3, 0.4) is 0 Å². The van der Waals surface area contributed by atoms with Gasteiger partial charge in [0.05, 0.1) is 16.7 Å². The summed E-state index contributed by atoms with van der Waals surface area (Å²) in [5.74, 6) is 0.758. The Labute approximate surface area is 248 Å². The molecule has 0 unspecified atom stereocenters. The number of benzene rings is 5. The van der Waals surface area contributed by atoms with Crippen LogP contribution in [0.4, 0.5) is 0 Å². The standard InChI is InChI=1S/C38H32N2S/c1-25(2)20-27-18-19-30-33(24-41-36(30)23-27)38-39-34-16-10-11-17-35(34)40(38)37-31(28-12-6-4-7-13-28)21-26(3)22-32(37)29-14-8-5-9-15-29/h4-19,21-25H,20H2,1-3H3/i20D2. The maximum absolute atomic E-state index is 8.67.